The molecule has 1 fully saturated rings. The Balaban J connectivity index is 1.87. The van der Waals surface area contributed by atoms with Crippen LogP contribution in [0.1, 0.15) is 12.0 Å². The van der Waals surface area contributed by atoms with E-state index in [1.54, 1.807) is 24.0 Å². The molecule has 0 N–H and O–H groups in total. The van der Waals surface area contributed by atoms with Crippen molar-refractivity contribution in [2.75, 3.05) is 33.8 Å². The molecule has 0 aromatic heterocycles. The SMILES string of the molecule is COc1cccc(CCC(=O)N2CCN(C)C(=O)C2)c1. The predicted octanol–water partition coefficient (Wildman–Crippen LogP) is 0.928. The third-order valence-electron chi connectivity index (χ3n) is 3.57. The third kappa shape index (κ3) is 3.50. The Labute approximate surface area is 119 Å². The molecule has 2 rings (SSSR count). The van der Waals surface area contributed by atoms with Gasteiger partial charge in [0, 0.05) is 26.6 Å². The van der Waals surface area contributed by atoms with Crippen molar-refractivity contribution in [3.05, 3.63) is 29.8 Å². The summed E-state index contributed by atoms with van der Waals surface area (Å²) in [5.41, 5.74) is 1.07. The van der Waals surface area contributed by atoms with Crippen LogP contribution >= 0.6 is 0 Å². The monoisotopic (exact) mass is 276 g/mol. The van der Waals surface area contributed by atoms with Crippen molar-refractivity contribution in [2.45, 2.75) is 12.8 Å². The van der Waals surface area contributed by atoms with Crippen LogP contribution in [0.25, 0.3) is 0 Å². The number of hydrogen-bond donors (Lipinski definition) is 0. The summed E-state index contributed by atoms with van der Waals surface area (Å²) in [6, 6.07) is 7.70. The maximum absolute atomic E-state index is 12.1. The molecule has 0 aliphatic carbocycles. The molecule has 0 atom stereocenters. The fraction of sp³-hybridized carbons (Fsp3) is 0.467. The number of hydrogen-bond acceptors (Lipinski definition) is 3. The number of amides is 2. The molecule has 0 unspecified atom stereocenters. The van der Waals surface area contributed by atoms with Crippen molar-refractivity contribution in [3.63, 3.8) is 0 Å². The van der Waals surface area contributed by atoms with Crippen LogP contribution in [0.4, 0.5) is 0 Å². The summed E-state index contributed by atoms with van der Waals surface area (Å²) in [5, 5.41) is 0. The zero-order valence-corrected chi connectivity index (χ0v) is 12.0. The second kappa shape index (κ2) is 6.41. The summed E-state index contributed by atoms with van der Waals surface area (Å²) in [6.07, 6.45) is 1.08. The number of carbonyl (C=O) groups is 2. The van der Waals surface area contributed by atoms with Crippen molar-refractivity contribution in [1.29, 1.82) is 0 Å². The van der Waals surface area contributed by atoms with Crippen LogP contribution in [0.3, 0.4) is 0 Å². The van der Waals surface area contributed by atoms with Crippen LogP contribution in [-0.4, -0.2) is 55.4 Å². The second-order valence-corrected chi connectivity index (χ2v) is 4.98. The third-order valence-corrected chi connectivity index (χ3v) is 3.57. The molecule has 108 valence electrons. The van der Waals surface area contributed by atoms with Crippen molar-refractivity contribution in [1.82, 2.24) is 9.80 Å². The van der Waals surface area contributed by atoms with E-state index >= 15 is 0 Å². The molecule has 5 heteroatoms. The number of likely N-dealkylation sites (N-methyl/N-ethyl adjacent to an activating group) is 1. The van der Waals surface area contributed by atoms with E-state index in [0.29, 0.717) is 25.9 Å². The lowest BCUT2D eigenvalue weighted by molar-refractivity contribution is -0.144. The molecule has 1 saturated heterocycles. The summed E-state index contributed by atoms with van der Waals surface area (Å²) < 4.78 is 5.16. The molecule has 0 saturated carbocycles. The number of benzene rings is 1. The van der Waals surface area contributed by atoms with E-state index in [-0.39, 0.29) is 18.4 Å². The molecular formula is C15H20N2O3. The van der Waals surface area contributed by atoms with Gasteiger partial charge in [-0.1, -0.05) is 12.1 Å². The molecule has 1 aliphatic rings. The lowest BCUT2D eigenvalue weighted by atomic mass is 10.1. The first-order chi connectivity index (χ1) is 9.60. The molecule has 20 heavy (non-hydrogen) atoms. The van der Waals surface area contributed by atoms with Crippen LogP contribution in [0.5, 0.6) is 5.75 Å². The molecule has 5 nitrogen and oxygen atoms in total. The molecular weight excluding hydrogens is 256 g/mol. The Morgan fingerprint density at radius 3 is 2.85 bits per heavy atom. The van der Waals surface area contributed by atoms with E-state index in [0.717, 1.165) is 11.3 Å². The molecule has 1 heterocycles. The van der Waals surface area contributed by atoms with Gasteiger partial charge in [-0.2, -0.15) is 0 Å². The van der Waals surface area contributed by atoms with Crippen molar-refractivity contribution in [2.24, 2.45) is 0 Å². The molecule has 0 spiro atoms. The maximum atomic E-state index is 12.1. The fourth-order valence-electron chi connectivity index (χ4n) is 2.21. The van der Waals surface area contributed by atoms with E-state index in [1.165, 1.54) is 0 Å². The van der Waals surface area contributed by atoms with Crippen LogP contribution in [0.15, 0.2) is 24.3 Å². The highest BCUT2D eigenvalue weighted by atomic mass is 16.5. The van der Waals surface area contributed by atoms with Crippen LogP contribution in [0, 0.1) is 0 Å². The zero-order chi connectivity index (χ0) is 14.5. The van der Waals surface area contributed by atoms with Crippen molar-refractivity contribution >= 4 is 11.8 Å². The molecule has 1 aromatic carbocycles. The lowest BCUT2D eigenvalue weighted by Crippen LogP contribution is -2.50. The second-order valence-electron chi connectivity index (χ2n) is 4.98. The van der Waals surface area contributed by atoms with Gasteiger partial charge in [-0.3, -0.25) is 9.59 Å². The number of aryl methyl sites for hydroxylation is 1. The van der Waals surface area contributed by atoms with Gasteiger partial charge in [-0.15, -0.1) is 0 Å². The zero-order valence-electron chi connectivity index (χ0n) is 12.0. The van der Waals surface area contributed by atoms with Crippen LogP contribution in [0.2, 0.25) is 0 Å². The Morgan fingerprint density at radius 2 is 2.15 bits per heavy atom. The van der Waals surface area contributed by atoms with Gasteiger partial charge in [0.15, 0.2) is 0 Å². The normalized spacial score (nSPS) is 15.4. The highest BCUT2D eigenvalue weighted by Gasteiger charge is 2.24. The minimum Gasteiger partial charge on any atom is -0.497 e. The predicted molar refractivity (Wildman–Crippen MR) is 75.5 cm³/mol. The fourth-order valence-corrected chi connectivity index (χ4v) is 2.21. The van der Waals surface area contributed by atoms with E-state index in [2.05, 4.69) is 0 Å². The van der Waals surface area contributed by atoms with E-state index in [1.807, 2.05) is 24.3 Å². The summed E-state index contributed by atoms with van der Waals surface area (Å²) in [5.74, 6) is 0.838. The van der Waals surface area contributed by atoms with Gasteiger partial charge in [-0.25, -0.2) is 0 Å². The van der Waals surface area contributed by atoms with Crippen molar-refractivity contribution < 1.29 is 14.3 Å². The van der Waals surface area contributed by atoms with Crippen LogP contribution < -0.4 is 4.74 Å². The van der Waals surface area contributed by atoms with Crippen molar-refractivity contribution in [3.8, 4) is 5.75 Å². The molecule has 1 aliphatic heterocycles. The summed E-state index contributed by atoms with van der Waals surface area (Å²) in [7, 11) is 3.39. The number of piperazine rings is 1. The number of carbonyl (C=O) groups excluding carboxylic acids is 2. The van der Waals surface area contributed by atoms with Gasteiger partial charge in [0.05, 0.1) is 13.7 Å². The molecule has 0 bridgehead atoms. The highest BCUT2D eigenvalue weighted by molar-refractivity contribution is 5.85. The largest absolute Gasteiger partial charge is 0.497 e. The van der Waals surface area contributed by atoms with Crippen LogP contribution in [-0.2, 0) is 16.0 Å². The summed E-state index contributed by atoms with van der Waals surface area (Å²) in [6.45, 7) is 1.44. The first-order valence-corrected chi connectivity index (χ1v) is 6.75. The van der Waals surface area contributed by atoms with Gasteiger partial charge < -0.3 is 14.5 Å². The standard InChI is InChI=1S/C15H20N2O3/c1-16-8-9-17(11-15(16)19)14(18)7-6-12-4-3-5-13(10-12)20-2/h3-5,10H,6-9,11H2,1-2H3. The number of nitrogens with zero attached hydrogens (tertiary/aromatic N) is 2. The molecule has 2 amide bonds. The Hall–Kier alpha value is -2.04. The number of methoxy groups -OCH3 is 1. The van der Waals surface area contributed by atoms with Gasteiger partial charge in [0.2, 0.25) is 11.8 Å². The van der Waals surface area contributed by atoms with E-state index in [9.17, 15) is 9.59 Å². The quantitative estimate of drug-likeness (QED) is 0.822. The lowest BCUT2D eigenvalue weighted by Gasteiger charge is -2.32. The topological polar surface area (TPSA) is 49.9 Å². The smallest absolute Gasteiger partial charge is 0.241 e. The highest BCUT2D eigenvalue weighted by Crippen LogP contribution is 2.14. The Kier molecular flexibility index (Phi) is 4.61. The Bertz CT molecular complexity index is 502. The summed E-state index contributed by atoms with van der Waals surface area (Å²) >= 11 is 0. The van der Waals surface area contributed by atoms with E-state index in [4.69, 9.17) is 4.74 Å². The number of rotatable bonds is 4. The average molecular weight is 276 g/mol. The molecule has 0 radical (unpaired) electrons. The first-order valence-electron chi connectivity index (χ1n) is 6.75. The van der Waals surface area contributed by atoms with E-state index < -0.39 is 0 Å². The first kappa shape index (κ1) is 14.4. The minimum absolute atomic E-state index is 0.00554. The van der Waals surface area contributed by atoms with Gasteiger partial charge in [-0.05, 0) is 24.1 Å². The summed E-state index contributed by atoms with van der Waals surface area (Å²) in [4.78, 5) is 27.0. The van der Waals surface area contributed by atoms with Gasteiger partial charge in [0.25, 0.3) is 0 Å². The maximum Gasteiger partial charge on any atom is 0.241 e. The van der Waals surface area contributed by atoms with Gasteiger partial charge >= 0.3 is 0 Å². The minimum atomic E-state index is 0.00554. The Morgan fingerprint density at radius 1 is 1.35 bits per heavy atom. The average Bonchev–Trinajstić information content (AvgIpc) is 2.47. The molecule has 1 aromatic rings. The van der Waals surface area contributed by atoms with Gasteiger partial charge in [0.1, 0.15) is 5.75 Å². The number of ether oxygens (including phenoxy) is 1.